The number of benzene rings is 1. The zero-order chi connectivity index (χ0) is 20.6. The fourth-order valence-corrected chi connectivity index (χ4v) is 1.75. The van der Waals surface area contributed by atoms with Gasteiger partial charge in [-0.2, -0.15) is 13.2 Å². The van der Waals surface area contributed by atoms with E-state index in [2.05, 4.69) is 23.7 Å². The average molecular weight is 383 g/mol. The minimum atomic E-state index is -4.98. The Kier molecular flexibility index (Phi) is 7.81. The minimum absolute atomic E-state index is 0.0549. The molecule has 0 spiro atoms. The summed E-state index contributed by atoms with van der Waals surface area (Å²) in [5.41, 5.74) is 6.39. The highest BCUT2D eigenvalue weighted by Gasteiger charge is 2.45. The molecule has 1 rings (SSSR count). The summed E-state index contributed by atoms with van der Waals surface area (Å²) < 4.78 is 38.2. The molecule has 1 aromatic rings. The van der Waals surface area contributed by atoms with Gasteiger partial charge in [-0.25, -0.2) is 5.48 Å². The first kappa shape index (κ1) is 22.0. The fourth-order valence-electron chi connectivity index (χ4n) is 1.75. The molecule has 0 aromatic heterocycles. The molecule has 2 amide bonds. The lowest BCUT2D eigenvalue weighted by Gasteiger charge is -2.24. The Balaban J connectivity index is 2.92. The molecule has 10 heteroatoms. The summed E-state index contributed by atoms with van der Waals surface area (Å²) in [7, 11) is 0. The van der Waals surface area contributed by atoms with Gasteiger partial charge < -0.3 is 16.2 Å². The molecule has 1 aromatic carbocycles. The topological polar surface area (TPSA) is 125 Å². The van der Waals surface area contributed by atoms with E-state index in [1.165, 1.54) is 31.2 Å². The monoisotopic (exact) mass is 383 g/mol. The summed E-state index contributed by atoms with van der Waals surface area (Å²) in [5.74, 6) is 7.43. The molecule has 0 aliphatic rings. The molecule has 0 fully saturated rings. The molecule has 144 valence electrons. The van der Waals surface area contributed by atoms with Crippen LogP contribution < -0.4 is 16.5 Å². The van der Waals surface area contributed by atoms with Crippen LogP contribution in [0, 0.1) is 23.7 Å². The predicted molar refractivity (Wildman–Crippen MR) is 88.0 cm³/mol. The third kappa shape index (κ3) is 6.99. The predicted octanol–water partition coefficient (Wildman–Crippen LogP) is -0.0843. The summed E-state index contributed by atoms with van der Waals surface area (Å²) in [5, 5.41) is 19.3. The molecular weight excluding hydrogens is 367 g/mol. The highest BCUT2D eigenvalue weighted by Crippen LogP contribution is 2.21. The molecule has 0 bridgehead atoms. The summed E-state index contributed by atoms with van der Waals surface area (Å²) in [6, 6.07) is 0.431. The van der Waals surface area contributed by atoms with Crippen molar-refractivity contribution in [2.45, 2.75) is 31.3 Å². The van der Waals surface area contributed by atoms with Crippen LogP contribution in [0.5, 0.6) is 0 Å². The summed E-state index contributed by atoms with van der Waals surface area (Å²) >= 11 is 0. The molecular formula is C17H16F3N3O4. The van der Waals surface area contributed by atoms with Crippen molar-refractivity contribution >= 4 is 11.8 Å². The van der Waals surface area contributed by atoms with E-state index in [0.29, 0.717) is 5.56 Å². The van der Waals surface area contributed by atoms with E-state index in [1.54, 1.807) is 0 Å². The average Bonchev–Trinajstić information content (AvgIpc) is 2.61. The largest absolute Gasteiger partial charge is 0.406 e. The van der Waals surface area contributed by atoms with Gasteiger partial charge in [0.05, 0.1) is 0 Å². The van der Waals surface area contributed by atoms with Gasteiger partial charge in [0.2, 0.25) is 0 Å². The van der Waals surface area contributed by atoms with Crippen LogP contribution in [0.25, 0.3) is 0 Å². The lowest BCUT2D eigenvalue weighted by molar-refractivity contribution is -0.162. The zero-order valence-corrected chi connectivity index (χ0v) is 14.0. The van der Waals surface area contributed by atoms with Gasteiger partial charge in [-0.3, -0.25) is 14.8 Å². The molecule has 6 N–H and O–H groups in total. The van der Waals surface area contributed by atoms with Crippen molar-refractivity contribution in [1.82, 2.24) is 10.8 Å². The highest BCUT2D eigenvalue weighted by atomic mass is 19.4. The highest BCUT2D eigenvalue weighted by molar-refractivity contribution is 5.97. The van der Waals surface area contributed by atoms with Crippen LogP contribution in [0.4, 0.5) is 13.2 Å². The SMILES string of the molecule is C[C@H](O)C#CC#Cc1ccc(C(=O)N[C@H](C(=O)NO)[C@@H](N)C(F)(F)F)cc1. The number of alkyl halides is 3. The van der Waals surface area contributed by atoms with E-state index in [-0.39, 0.29) is 5.56 Å². The number of aliphatic hydroxyl groups excluding tert-OH is 1. The lowest BCUT2D eigenvalue weighted by Crippen LogP contribution is -2.61. The van der Waals surface area contributed by atoms with E-state index in [9.17, 15) is 22.8 Å². The van der Waals surface area contributed by atoms with Crippen LogP contribution in [0.1, 0.15) is 22.8 Å². The molecule has 0 aliphatic heterocycles. The Bertz CT molecular complexity index is 799. The Morgan fingerprint density at radius 2 is 1.78 bits per heavy atom. The van der Waals surface area contributed by atoms with E-state index in [4.69, 9.17) is 16.0 Å². The molecule has 0 heterocycles. The zero-order valence-electron chi connectivity index (χ0n) is 14.0. The minimum Gasteiger partial charge on any atom is -0.381 e. The van der Waals surface area contributed by atoms with Crippen molar-refractivity contribution in [2.24, 2.45) is 5.73 Å². The normalized spacial score (nSPS) is 13.7. The summed E-state index contributed by atoms with van der Waals surface area (Å²) in [6.45, 7) is 1.47. The van der Waals surface area contributed by atoms with Crippen LogP contribution >= 0.6 is 0 Å². The summed E-state index contributed by atoms with van der Waals surface area (Å²) in [4.78, 5) is 23.5. The van der Waals surface area contributed by atoms with Crippen LogP contribution in [0.15, 0.2) is 24.3 Å². The van der Waals surface area contributed by atoms with E-state index >= 15 is 0 Å². The van der Waals surface area contributed by atoms with Crippen LogP contribution in [0.3, 0.4) is 0 Å². The first-order chi connectivity index (χ1) is 12.6. The molecule has 0 radical (unpaired) electrons. The van der Waals surface area contributed by atoms with Gasteiger partial charge in [0.25, 0.3) is 11.8 Å². The molecule has 0 saturated carbocycles. The lowest BCUT2D eigenvalue weighted by atomic mass is 10.1. The van der Waals surface area contributed by atoms with Crippen molar-refractivity contribution in [2.75, 3.05) is 0 Å². The Hall–Kier alpha value is -3.05. The quantitative estimate of drug-likeness (QED) is 0.283. The van der Waals surface area contributed by atoms with Gasteiger partial charge in [0.15, 0.2) is 0 Å². The van der Waals surface area contributed by atoms with Crippen LogP contribution in [-0.2, 0) is 4.79 Å². The van der Waals surface area contributed by atoms with Gasteiger partial charge in [0.1, 0.15) is 18.2 Å². The van der Waals surface area contributed by atoms with Gasteiger partial charge in [-0.15, -0.1) is 0 Å². The number of halogens is 3. The number of rotatable bonds is 4. The number of nitrogens with two attached hydrogens (primary N) is 1. The smallest absolute Gasteiger partial charge is 0.381 e. The maximum atomic E-state index is 12.7. The molecule has 3 atom stereocenters. The number of hydroxylamine groups is 1. The van der Waals surface area contributed by atoms with Crippen molar-refractivity contribution < 1.29 is 33.1 Å². The van der Waals surface area contributed by atoms with Crippen molar-refractivity contribution in [3.63, 3.8) is 0 Å². The van der Waals surface area contributed by atoms with E-state index in [0.717, 1.165) is 5.48 Å². The number of carbonyl (C=O) groups is 2. The molecule has 0 aliphatic carbocycles. The third-order valence-electron chi connectivity index (χ3n) is 3.11. The Labute approximate surface area is 152 Å². The van der Waals surface area contributed by atoms with Crippen LogP contribution in [0.2, 0.25) is 0 Å². The summed E-state index contributed by atoms with van der Waals surface area (Å²) in [6.07, 6.45) is -5.80. The fraction of sp³-hybridized carbons (Fsp3) is 0.294. The maximum absolute atomic E-state index is 12.7. The number of aliphatic hydroxyl groups is 1. The van der Waals surface area contributed by atoms with E-state index in [1.807, 2.05) is 5.32 Å². The Morgan fingerprint density at radius 3 is 2.26 bits per heavy atom. The second-order valence-electron chi connectivity index (χ2n) is 5.27. The van der Waals surface area contributed by atoms with Crippen molar-refractivity contribution in [3.05, 3.63) is 35.4 Å². The van der Waals surface area contributed by atoms with Crippen molar-refractivity contribution in [3.8, 4) is 23.7 Å². The molecule has 7 nitrogen and oxygen atoms in total. The molecule has 0 saturated heterocycles. The Morgan fingerprint density at radius 1 is 1.19 bits per heavy atom. The second kappa shape index (κ2) is 9.59. The van der Waals surface area contributed by atoms with Gasteiger partial charge in [-0.05, 0) is 43.0 Å². The molecule has 0 unspecified atom stereocenters. The number of hydrogen-bond acceptors (Lipinski definition) is 5. The van der Waals surface area contributed by atoms with Gasteiger partial charge >= 0.3 is 6.18 Å². The van der Waals surface area contributed by atoms with Crippen molar-refractivity contribution in [1.29, 1.82) is 0 Å². The standard InChI is InChI=1S/C17H16F3N3O4/c1-10(24)4-2-3-5-11-6-8-12(9-7-11)15(25)22-13(16(26)23-27)14(21)17(18,19)20/h6-10,13-14,24,27H,21H2,1H3,(H,22,25)(H,23,26)/t10-,13-,14+/m0/s1. The number of amides is 2. The number of nitrogens with one attached hydrogen (secondary N) is 2. The van der Waals surface area contributed by atoms with Crippen LogP contribution in [-0.4, -0.2) is 46.5 Å². The van der Waals surface area contributed by atoms with Gasteiger partial charge in [0, 0.05) is 11.1 Å². The number of carbonyl (C=O) groups excluding carboxylic acids is 2. The third-order valence-corrected chi connectivity index (χ3v) is 3.11. The number of hydrogen-bond donors (Lipinski definition) is 5. The second-order valence-corrected chi connectivity index (χ2v) is 5.27. The molecule has 27 heavy (non-hydrogen) atoms. The maximum Gasteiger partial charge on any atom is 0.406 e. The first-order valence-corrected chi connectivity index (χ1v) is 7.43. The van der Waals surface area contributed by atoms with E-state index < -0.39 is 36.2 Å². The van der Waals surface area contributed by atoms with Gasteiger partial charge in [-0.1, -0.05) is 11.8 Å². The first-order valence-electron chi connectivity index (χ1n) is 7.43.